The second-order valence-electron chi connectivity index (χ2n) is 6.36. The lowest BCUT2D eigenvalue weighted by atomic mass is 9.92. The molecule has 1 aromatic carbocycles. The van der Waals surface area contributed by atoms with Gasteiger partial charge in [0.05, 0.1) is 5.92 Å². The van der Waals surface area contributed by atoms with Crippen LogP contribution < -0.4 is 10.5 Å². The quantitative estimate of drug-likeness (QED) is 0.832. The largest absolute Gasteiger partial charge is 0.481 e. The summed E-state index contributed by atoms with van der Waals surface area (Å²) >= 11 is 0. The van der Waals surface area contributed by atoms with E-state index in [0.29, 0.717) is 24.3 Å². The second-order valence-corrected chi connectivity index (χ2v) is 6.36. The number of hydrogen-bond acceptors (Lipinski definition) is 4. The van der Waals surface area contributed by atoms with Gasteiger partial charge in [-0.15, -0.1) is 0 Å². The van der Waals surface area contributed by atoms with E-state index in [4.69, 9.17) is 10.5 Å². The Hall–Kier alpha value is -2.37. The van der Waals surface area contributed by atoms with Gasteiger partial charge < -0.3 is 15.4 Å². The van der Waals surface area contributed by atoms with Crippen LogP contribution in [0.4, 0.5) is 0 Å². The Morgan fingerprint density at radius 3 is 2.62 bits per heavy atom. The van der Waals surface area contributed by atoms with Crippen molar-refractivity contribution in [1.82, 2.24) is 4.90 Å². The number of nitrogens with zero attached hydrogens (tertiary/aromatic N) is 1. The number of likely N-dealkylation sites (tertiary alicyclic amines) is 1. The van der Waals surface area contributed by atoms with E-state index in [2.05, 4.69) is 0 Å². The minimum Gasteiger partial charge on any atom is -0.481 e. The molecule has 0 bridgehead atoms. The molecule has 0 radical (unpaired) electrons. The van der Waals surface area contributed by atoms with Crippen molar-refractivity contribution < 1.29 is 19.1 Å². The molecule has 6 heteroatoms. The first-order valence-electron chi connectivity index (χ1n) is 8.17. The summed E-state index contributed by atoms with van der Waals surface area (Å²) in [4.78, 5) is 37.2. The Balaban J connectivity index is 2.07. The number of carbonyl (C=O) groups excluding carboxylic acids is 3. The number of carbonyl (C=O) groups is 3. The number of primary amides is 1. The lowest BCUT2D eigenvalue weighted by Crippen LogP contribution is -2.52. The number of ether oxygens (including phenoxy) is 1. The zero-order valence-corrected chi connectivity index (χ0v) is 14.3. The highest BCUT2D eigenvalue weighted by Gasteiger charge is 2.34. The van der Waals surface area contributed by atoms with Gasteiger partial charge in [0.15, 0.2) is 11.9 Å². The summed E-state index contributed by atoms with van der Waals surface area (Å²) in [5.41, 5.74) is 5.91. The normalized spacial score (nSPS) is 21.9. The van der Waals surface area contributed by atoms with Gasteiger partial charge in [-0.1, -0.05) is 12.1 Å². The van der Waals surface area contributed by atoms with E-state index >= 15 is 0 Å². The van der Waals surface area contributed by atoms with Crippen molar-refractivity contribution in [3.8, 4) is 5.75 Å². The van der Waals surface area contributed by atoms with Crippen LogP contribution in [0.3, 0.4) is 0 Å². The Bertz CT molecular complexity index is 644. The molecule has 130 valence electrons. The minimum atomic E-state index is -0.707. The maximum absolute atomic E-state index is 12.7. The van der Waals surface area contributed by atoms with E-state index in [9.17, 15) is 14.4 Å². The molecule has 0 aromatic heterocycles. The van der Waals surface area contributed by atoms with Gasteiger partial charge in [-0.05, 0) is 45.7 Å². The molecule has 6 nitrogen and oxygen atoms in total. The lowest BCUT2D eigenvalue weighted by Gasteiger charge is -2.38. The predicted octanol–water partition coefficient (Wildman–Crippen LogP) is 1.77. The Morgan fingerprint density at radius 2 is 2.00 bits per heavy atom. The van der Waals surface area contributed by atoms with Crippen LogP contribution in [0.5, 0.6) is 5.75 Å². The smallest absolute Gasteiger partial charge is 0.263 e. The van der Waals surface area contributed by atoms with E-state index in [1.54, 1.807) is 36.1 Å². The van der Waals surface area contributed by atoms with Crippen molar-refractivity contribution in [2.75, 3.05) is 6.54 Å². The molecule has 2 rings (SSSR count). The summed E-state index contributed by atoms with van der Waals surface area (Å²) in [5, 5.41) is 0. The molecular weight excluding hydrogens is 308 g/mol. The fraction of sp³-hybridized carbons (Fsp3) is 0.500. The van der Waals surface area contributed by atoms with Crippen molar-refractivity contribution in [3.05, 3.63) is 29.8 Å². The topological polar surface area (TPSA) is 89.7 Å². The summed E-state index contributed by atoms with van der Waals surface area (Å²) in [5.74, 6) is -0.449. The van der Waals surface area contributed by atoms with Crippen LogP contribution in [-0.2, 0) is 9.59 Å². The van der Waals surface area contributed by atoms with Gasteiger partial charge >= 0.3 is 0 Å². The molecule has 2 amide bonds. The van der Waals surface area contributed by atoms with Crippen LogP contribution in [-0.4, -0.2) is 41.2 Å². The molecule has 1 aliphatic heterocycles. The maximum Gasteiger partial charge on any atom is 0.263 e. The van der Waals surface area contributed by atoms with E-state index in [-0.39, 0.29) is 29.6 Å². The van der Waals surface area contributed by atoms with Gasteiger partial charge in [-0.3, -0.25) is 14.4 Å². The van der Waals surface area contributed by atoms with Gasteiger partial charge in [0.1, 0.15) is 5.75 Å². The Labute approximate surface area is 142 Å². The highest BCUT2D eigenvalue weighted by molar-refractivity contribution is 5.94. The highest BCUT2D eigenvalue weighted by atomic mass is 16.5. The van der Waals surface area contributed by atoms with Crippen LogP contribution in [0.15, 0.2) is 24.3 Å². The number of amides is 2. The minimum absolute atomic E-state index is 0.0442. The van der Waals surface area contributed by atoms with E-state index < -0.39 is 6.10 Å². The van der Waals surface area contributed by atoms with Crippen molar-refractivity contribution >= 4 is 17.6 Å². The molecule has 1 fully saturated rings. The third kappa shape index (κ3) is 4.13. The van der Waals surface area contributed by atoms with Crippen molar-refractivity contribution in [1.29, 1.82) is 0 Å². The molecular formula is C18H24N2O4. The Kier molecular flexibility index (Phi) is 5.59. The van der Waals surface area contributed by atoms with Crippen LogP contribution in [0.1, 0.15) is 44.0 Å². The zero-order valence-electron chi connectivity index (χ0n) is 14.3. The molecule has 2 N–H and O–H groups in total. The number of Topliss-reactive ketones (excluding diaryl/α,β-unsaturated/α-hetero) is 1. The van der Waals surface area contributed by atoms with E-state index in [1.807, 2.05) is 6.92 Å². The van der Waals surface area contributed by atoms with Gasteiger partial charge in [-0.2, -0.15) is 0 Å². The van der Waals surface area contributed by atoms with Crippen LogP contribution in [0.25, 0.3) is 0 Å². The first-order valence-corrected chi connectivity index (χ1v) is 8.17. The van der Waals surface area contributed by atoms with E-state index in [1.165, 1.54) is 6.92 Å². The number of rotatable bonds is 5. The fourth-order valence-electron chi connectivity index (χ4n) is 2.92. The molecule has 0 aliphatic carbocycles. The monoisotopic (exact) mass is 332 g/mol. The first-order chi connectivity index (χ1) is 11.3. The average Bonchev–Trinajstić information content (AvgIpc) is 2.54. The van der Waals surface area contributed by atoms with Gasteiger partial charge in [0, 0.05) is 18.2 Å². The lowest BCUT2D eigenvalue weighted by molar-refractivity contribution is -0.143. The van der Waals surface area contributed by atoms with Crippen LogP contribution in [0, 0.1) is 5.92 Å². The summed E-state index contributed by atoms with van der Waals surface area (Å²) in [6.45, 7) is 5.44. The summed E-state index contributed by atoms with van der Waals surface area (Å²) in [6.07, 6.45) is 0.739. The third-order valence-electron chi connectivity index (χ3n) is 4.47. The number of benzene rings is 1. The van der Waals surface area contributed by atoms with Crippen LogP contribution >= 0.6 is 0 Å². The van der Waals surface area contributed by atoms with Gasteiger partial charge in [-0.25, -0.2) is 0 Å². The molecule has 0 unspecified atom stereocenters. The fourth-order valence-corrected chi connectivity index (χ4v) is 2.92. The number of piperidine rings is 1. The predicted molar refractivity (Wildman–Crippen MR) is 89.6 cm³/mol. The van der Waals surface area contributed by atoms with Gasteiger partial charge in [0.25, 0.3) is 5.91 Å². The average molecular weight is 332 g/mol. The third-order valence-corrected chi connectivity index (χ3v) is 4.47. The van der Waals surface area contributed by atoms with Gasteiger partial charge in [0.2, 0.25) is 5.91 Å². The van der Waals surface area contributed by atoms with E-state index in [0.717, 1.165) is 6.42 Å². The number of hydrogen-bond donors (Lipinski definition) is 1. The molecule has 1 aromatic rings. The Morgan fingerprint density at radius 1 is 1.29 bits per heavy atom. The van der Waals surface area contributed by atoms with Crippen molar-refractivity contribution in [2.24, 2.45) is 11.7 Å². The maximum atomic E-state index is 12.7. The van der Waals surface area contributed by atoms with Crippen molar-refractivity contribution in [2.45, 2.75) is 45.8 Å². The molecule has 1 saturated heterocycles. The number of nitrogens with two attached hydrogens (primary N) is 1. The van der Waals surface area contributed by atoms with Crippen molar-refractivity contribution in [3.63, 3.8) is 0 Å². The molecule has 0 saturated carbocycles. The molecule has 24 heavy (non-hydrogen) atoms. The summed E-state index contributed by atoms with van der Waals surface area (Å²) < 4.78 is 5.70. The molecule has 0 spiro atoms. The number of ketones is 1. The van der Waals surface area contributed by atoms with Crippen LogP contribution in [0.2, 0.25) is 0 Å². The standard InChI is InChI=1S/C18H24N2O4/c1-11-7-8-15(17(19)22)10-20(11)18(23)13(3)24-16-6-4-5-14(9-16)12(2)21/h4-6,9,11,13,15H,7-8,10H2,1-3H3,(H2,19,22)/t11-,13+,15+/m0/s1. The molecule has 1 aliphatic rings. The highest BCUT2D eigenvalue weighted by Crippen LogP contribution is 2.23. The first kappa shape index (κ1) is 18.0. The summed E-state index contributed by atoms with van der Waals surface area (Å²) in [6, 6.07) is 6.80. The molecule has 1 heterocycles. The molecule has 3 atom stereocenters. The SMILES string of the molecule is CC(=O)c1cccc(O[C@H](C)C(=O)N2C[C@H](C(N)=O)CC[C@@H]2C)c1. The summed E-state index contributed by atoms with van der Waals surface area (Å²) in [7, 11) is 0. The zero-order chi connectivity index (χ0) is 17.9. The second kappa shape index (κ2) is 7.47.